The summed E-state index contributed by atoms with van der Waals surface area (Å²) in [5.41, 5.74) is 3.64. The Morgan fingerprint density at radius 2 is 2.00 bits per heavy atom. The van der Waals surface area contributed by atoms with E-state index >= 15 is 0 Å². The smallest absolute Gasteiger partial charge is 0.0991 e. The van der Waals surface area contributed by atoms with Crippen LogP contribution in [0.1, 0.15) is 18.1 Å². The molecule has 4 heteroatoms. The molecule has 0 amide bonds. The van der Waals surface area contributed by atoms with Crippen LogP contribution in [-0.4, -0.2) is 12.4 Å². The Hall–Kier alpha value is -2.44. The van der Waals surface area contributed by atoms with Crippen LogP contribution in [-0.2, 0) is 0 Å². The third-order valence-electron chi connectivity index (χ3n) is 2.81. The van der Waals surface area contributed by atoms with Gasteiger partial charge in [-0.1, -0.05) is 23.7 Å². The first-order chi connectivity index (χ1) is 9.63. The minimum absolute atomic E-state index is 0.593. The van der Waals surface area contributed by atoms with Crippen molar-refractivity contribution in [2.45, 2.75) is 6.92 Å². The Morgan fingerprint density at radius 1 is 1.20 bits per heavy atom. The second kappa shape index (κ2) is 6.14. The standard InChI is InChI=1S/C16H12ClN3/c1-11(13-5-3-4-12(8-13)10-18)20-15-7-6-14(17)9-16(15)19-2/h3-9H,2H2,1H3/b20-11+. The number of nitrogens with zero attached hydrogens (tertiary/aromatic N) is 3. The summed E-state index contributed by atoms with van der Waals surface area (Å²) in [6, 6.07) is 14.7. The van der Waals surface area contributed by atoms with Gasteiger partial charge in [-0.25, -0.2) is 0 Å². The van der Waals surface area contributed by atoms with Crippen LogP contribution < -0.4 is 0 Å². The van der Waals surface area contributed by atoms with Gasteiger partial charge in [0.15, 0.2) is 0 Å². The highest BCUT2D eigenvalue weighted by atomic mass is 35.5. The predicted octanol–water partition coefficient (Wildman–Crippen LogP) is 4.68. The van der Waals surface area contributed by atoms with Crippen LogP contribution in [0.2, 0.25) is 5.02 Å². The molecule has 98 valence electrons. The monoisotopic (exact) mass is 281 g/mol. The first kappa shape index (κ1) is 14.0. The molecule has 2 aromatic rings. The number of hydrogen-bond donors (Lipinski definition) is 0. The van der Waals surface area contributed by atoms with Crippen molar-refractivity contribution in [3.63, 3.8) is 0 Å². The summed E-state index contributed by atoms with van der Waals surface area (Å²) in [4.78, 5) is 8.45. The van der Waals surface area contributed by atoms with Crippen molar-refractivity contribution < 1.29 is 0 Å². The Labute approximate surface area is 122 Å². The number of nitriles is 1. The number of rotatable bonds is 3. The summed E-state index contributed by atoms with van der Waals surface area (Å²) in [5.74, 6) is 0. The second-order valence-corrected chi connectivity index (χ2v) is 4.62. The average molecular weight is 282 g/mol. The highest BCUT2D eigenvalue weighted by Crippen LogP contribution is 2.31. The Balaban J connectivity index is 2.44. The van der Waals surface area contributed by atoms with Crippen molar-refractivity contribution in [3.05, 3.63) is 58.6 Å². The lowest BCUT2D eigenvalue weighted by Gasteiger charge is -2.04. The van der Waals surface area contributed by atoms with Crippen LogP contribution in [0.25, 0.3) is 0 Å². The fourth-order valence-electron chi connectivity index (χ4n) is 1.78. The van der Waals surface area contributed by atoms with E-state index < -0.39 is 0 Å². The average Bonchev–Trinajstić information content (AvgIpc) is 2.49. The lowest BCUT2D eigenvalue weighted by atomic mass is 10.1. The van der Waals surface area contributed by atoms with Gasteiger partial charge in [0.25, 0.3) is 0 Å². The molecule has 0 atom stereocenters. The van der Waals surface area contributed by atoms with Gasteiger partial charge in [0.05, 0.1) is 23.0 Å². The van der Waals surface area contributed by atoms with E-state index in [1.807, 2.05) is 19.1 Å². The van der Waals surface area contributed by atoms with E-state index in [0.29, 0.717) is 22.0 Å². The third-order valence-corrected chi connectivity index (χ3v) is 3.04. The van der Waals surface area contributed by atoms with Gasteiger partial charge in [-0.05, 0) is 49.5 Å². The van der Waals surface area contributed by atoms with Gasteiger partial charge < -0.3 is 0 Å². The fraction of sp³-hybridized carbons (Fsp3) is 0.0625. The molecule has 0 aliphatic carbocycles. The van der Waals surface area contributed by atoms with Gasteiger partial charge in [0.1, 0.15) is 0 Å². The van der Waals surface area contributed by atoms with Gasteiger partial charge >= 0.3 is 0 Å². The maximum atomic E-state index is 8.92. The van der Waals surface area contributed by atoms with Crippen molar-refractivity contribution in [3.8, 4) is 6.07 Å². The van der Waals surface area contributed by atoms with Crippen LogP contribution in [0, 0.1) is 11.3 Å². The molecule has 0 saturated heterocycles. The van der Waals surface area contributed by atoms with Crippen molar-refractivity contribution >= 4 is 35.4 Å². The lowest BCUT2D eigenvalue weighted by molar-refractivity contribution is 1.43. The number of benzene rings is 2. The number of aliphatic imine (C=N–C) groups is 2. The minimum Gasteiger partial charge on any atom is -0.262 e. The zero-order chi connectivity index (χ0) is 14.5. The van der Waals surface area contributed by atoms with Crippen LogP contribution in [0.3, 0.4) is 0 Å². The van der Waals surface area contributed by atoms with Crippen LogP contribution >= 0.6 is 11.6 Å². The third kappa shape index (κ3) is 3.11. The Kier molecular flexibility index (Phi) is 4.29. The molecule has 0 radical (unpaired) electrons. The summed E-state index contributed by atoms with van der Waals surface area (Å²) < 4.78 is 0. The van der Waals surface area contributed by atoms with Crippen LogP contribution in [0.4, 0.5) is 11.4 Å². The molecule has 2 rings (SSSR count). The zero-order valence-electron chi connectivity index (χ0n) is 11.0. The first-order valence-corrected chi connectivity index (χ1v) is 6.34. The van der Waals surface area contributed by atoms with E-state index in [2.05, 4.69) is 22.8 Å². The fourth-order valence-corrected chi connectivity index (χ4v) is 1.94. The highest BCUT2D eigenvalue weighted by molar-refractivity contribution is 6.31. The molecule has 0 spiro atoms. The molecule has 0 saturated carbocycles. The van der Waals surface area contributed by atoms with E-state index in [9.17, 15) is 0 Å². The molecule has 3 nitrogen and oxygen atoms in total. The number of halogens is 1. The molecule has 20 heavy (non-hydrogen) atoms. The van der Waals surface area contributed by atoms with E-state index in [1.165, 1.54) is 0 Å². The summed E-state index contributed by atoms with van der Waals surface area (Å²) in [7, 11) is 0. The Morgan fingerprint density at radius 3 is 2.70 bits per heavy atom. The van der Waals surface area contributed by atoms with Gasteiger partial charge in [-0.2, -0.15) is 5.26 Å². The van der Waals surface area contributed by atoms with Crippen molar-refractivity contribution in [2.75, 3.05) is 0 Å². The molecule has 0 unspecified atom stereocenters. The molecule has 2 aromatic carbocycles. The topological polar surface area (TPSA) is 48.5 Å². The van der Waals surface area contributed by atoms with Gasteiger partial charge in [0.2, 0.25) is 0 Å². The summed E-state index contributed by atoms with van der Waals surface area (Å²) >= 11 is 5.92. The van der Waals surface area contributed by atoms with E-state index in [-0.39, 0.29) is 0 Å². The van der Waals surface area contributed by atoms with Crippen LogP contribution in [0.15, 0.2) is 52.4 Å². The normalized spacial score (nSPS) is 10.9. The molecule has 0 N–H and O–H groups in total. The quantitative estimate of drug-likeness (QED) is 0.753. The van der Waals surface area contributed by atoms with E-state index in [4.69, 9.17) is 16.9 Å². The van der Waals surface area contributed by atoms with Crippen molar-refractivity contribution in [1.29, 1.82) is 5.26 Å². The summed E-state index contributed by atoms with van der Waals surface area (Å²) in [6.07, 6.45) is 0. The summed E-state index contributed by atoms with van der Waals surface area (Å²) in [6.45, 7) is 5.41. The molecular weight excluding hydrogens is 270 g/mol. The van der Waals surface area contributed by atoms with E-state index in [0.717, 1.165) is 11.3 Å². The maximum Gasteiger partial charge on any atom is 0.0991 e. The zero-order valence-corrected chi connectivity index (χ0v) is 11.7. The van der Waals surface area contributed by atoms with E-state index in [1.54, 1.807) is 30.3 Å². The SMILES string of the molecule is C=Nc1cc(Cl)ccc1/N=C(\C)c1cccc(C#N)c1. The van der Waals surface area contributed by atoms with Gasteiger partial charge in [-0.3, -0.25) is 9.98 Å². The first-order valence-electron chi connectivity index (χ1n) is 5.96. The second-order valence-electron chi connectivity index (χ2n) is 4.18. The maximum absolute atomic E-state index is 8.92. The number of hydrogen-bond acceptors (Lipinski definition) is 3. The molecule has 0 aliphatic heterocycles. The lowest BCUT2D eigenvalue weighted by Crippen LogP contribution is -1.94. The van der Waals surface area contributed by atoms with Gasteiger partial charge in [0, 0.05) is 10.7 Å². The molecule has 0 heterocycles. The Bertz CT molecular complexity index is 727. The molecule has 0 fully saturated rings. The molecule has 0 bridgehead atoms. The van der Waals surface area contributed by atoms with Crippen LogP contribution in [0.5, 0.6) is 0 Å². The van der Waals surface area contributed by atoms with Crippen molar-refractivity contribution in [1.82, 2.24) is 0 Å². The minimum atomic E-state index is 0.593. The van der Waals surface area contributed by atoms with Gasteiger partial charge in [-0.15, -0.1) is 0 Å². The van der Waals surface area contributed by atoms with Crippen molar-refractivity contribution in [2.24, 2.45) is 9.98 Å². The largest absolute Gasteiger partial charge is 0.262 e. The highest BCUT2D eigenvalue weighted by Gasteiger charge is 2.03. The summed E-state index contributed by atoms with van der Waals surface area (Å²) in [5, 5.41) is 9.51. The molecule has 0 aromatic heterocycles. The predicted molar refractivity (Wildman–Crippen MR) is 83.7 cm³/mol. The molecule has 0 aliphatic rings. The molecular formula is C16H12ClN3.